The number of anilines is 1. The Kier molecular flexibility index (Phi) is 4.00. The Hall–Kier alpha value is -3.23. The van der Waals surface area contributed by atoms with E-state index in [4.69, 9.17) is 0 Å². The number of hydrogen-bond donors (Lipinski definition) is 3. The predicted octanol–water partition coefficient (Wildman–Crippen LogP) is 0.613. The largest absolute Gasteiger partial charge is 0.338 e. The highest BCUT2D eigenvalue weighted by molar-refractivity contribution is 6.21. The number of rotatable bonds is 5. The van der Waals surface area contributed by atoms with Crippen LogP contribution in [0.2, 0.25) is 0 Å². The van der Waals surface area contributed by atoms with Crippen molar-refractivity contribution in [2.75, 3.05) is 18.4 Å². The topological polar surface area (TPSA) is 120 Å². The standard InChI is InChI=1S/C14H14N6O3/c21-11-9-4-1-2-5-10(9)12(22)20(11)7-3-6-15-14(23)18-13-16-8-17-19-13/h1-2,4-5,8H,3,6-7H2,(H3,15,16,17,18,19,23). The maximum absolute atomic E-state index is 12.1. The minimum absolute atomic E-state index is 0.239. The third-order valence-electron chi connectivity index (χ3n) is 3.37. The number of carbonyl (C=O) groups excluding carboxylic acids is 3. The van der Waals surface area contributed by atoms with Crippen LogP contribution in [0.5, 0.6) is 0 Å². The number of benzene rings is 1. The molecule has 0 bridgehead atoms. The molecule has 0 saturated heterocycles. The van der Waals surface area contributed by atoms with Crippen LogP contribution in [0.25, 0.3) is 0 Å². The van der Waals surface area contributed by atoms with Crippen LogP contribution in [0.15, 0.2) is 30.6 Å². The maximum atomic E-state index is 12.1. The van der Waals surface area contributed by atoms with Crippen molar-refractivity contribution in [3.05, 3.63) is 41.7 Å². The molecule has 3 N–H and O–H groups in total. The molecule has 0 fully saturated rings. The molecule has 0 unspecified atom stereocenters. The first-order valence-corrected chi connectivity index (χ1v) is 7.02. The molecule has 1 aromatic carbocycles. The second-order valence-corrected chi connectivity index (χ2v) is 4.88. The molecule has 1 aliphatic heterocycles. The molecule has 0 saturated carbocycles. The average Bonchev–Trinajstić information content (AvgIpc) is 3.14. The first-order valence-electron chi connectivity index (χ1n) is 7.02. The van der Waals surface area contributed by atoms with Crippen molar-refractivity contribution in [3.63, 3.8) is 0 Å². The number of carbonyl (C=O) groups is 3. The Balaban J connectivity index is 1.46. The zero-order valence-corrected chi connectivity index (χ0v) is 12.1. The van der Waals surface area contributed by atoms with Crippen molar-refractivity contribution >= 4 is 23.8 Å². The van der Waals surface area contributed by atoms with Gasteiger partial charge in [-0.1, -0.05) is 12.1 Å². The lowest BCUT2D eigenvalue weighted by molar-refractivity contribution is 0.0653. The summed E-state index contributed by atoms with van der Waals surface area (Å²) in [6.45, 7) is 0.558. The molecule has 23 heavy (non-hydrogen) atoms. The van der Waals surface area contributed by atoms with E-state index in [0.717, 1.165) is 0 Å². The number of urea groups is 1. The molecule has 9 nitrogen and oxygen atoms in total. The van der Waals surface area contributed by atoms with E-state index in [1.807, 2.05) is 0 Å². The van der Waals surface area contributed by atoms with Gasteiger partial charge in [-0.05, 0) is 18.6 Å². The number of nitrogens with zero attached hydrogens (tertiary/aromatic N) is 3. The number of nitrogens with one attached hydrogen (secondary N) is 3. The number of aromatic amines is 1. The summed E-state index contributed by atoms with van der Waals surface area (Å²) in [4.78, 5) is 40.8. The Bertz CT molecular complexity index is 708. The number of H-pyrrole nitrogens is 1. The summed E-state index contributed by atoms with van der Waals surface area (Å²) < 4.78 is 0. The van der Waals surface area contributed by atoms with Crippen molar-refractivity contribution in [1.82, 2.24) is 25.4 Å². The molecule has 2 aromatic rings. The number of aromatic nitrogens is 3. The second-order valence-electron chi connectivity index (χ2n) is 4.88. The minimum atomic E-state index is -0.441. The summed E-state index contributed by atoms with van der Waals surface area (Å²) in [6.07, 6.45) is 1.73. The lowest BCUT2D eigenvalue weighted by Gasteiger charge is -2.13. The number of imide groups is 1. The molecular formula is C14H14N6O3. The first kappa shape index (κ1) is 14.7. The highest BCUT2D eigenvalue weighted by Gasteiger charge is 2.34. The van der Waals surface area contributed by atoms with Crippen LogP contribution in [0.4, 0.5) is 10.7 Å². The Morgan fingerprint density at radius 1 is 1.17 bits per heavy atom. The molecule has 0 aliphatic carbocycles. The summed E-state index contributed by atoms with van der Waals surface area (Å²) >= 11 is 0. The van der Waals surface area contributed by atoms with E-state index >= 15 is 0 Å². The van der Waals surface area contributed by atoms with E-state index in [-0.39, 0.29) is 24.3 Å². The highest BCUT2D eigenvalue weighted by atomic mass is 16.2. The van der Waals surface area contributed by atoms with Crippen LogP contribution < -0.4 is 10.6 Å². The molecule has 118 valence electrons. The van der Waals surface area contributed by atoms with Crippen LogP contribution in [-0.2, 0) is 0 Å². The monoisotopic (exact) mass is 314 g/mol. The van der Waals surface area contributed by atoms with Gasteiger partial charge in [0.1, 0.15) is 6.33 Å². The molecule has 0 radical (unpaired) electrons. The SMILES string of the molecule is O=C(NCCCN1C(=O)c2ccccc2C1=O)Nc1ncn[nH]1. The second kappa shape index (κ2) is 6.26. The van der Waals surface area contributed by atoms with Gasteiger partial charge in [0.05, 0.1) is 11.1 Å². The quantitative estimate of drug-likeness (QED) is 0.552. The van der Waals surface area contributed by atoms with Crippen LogP contribution >= 0.6 is 0 Å². The molecular weight excluding hydrogens is 300 g/mol. The van der Waals surface area contributed by atoms with Crippen LogP contribution in [0, 0.1) is 0 Å². The molecule has 1 aromatic heterocycles. The van der Waals surface area contributed by atoms with Crippen molar-refractivity contribution in [2.45, 2.75) is 6.42 Å². The highest BCUT2D eigenvalue weighted by Crippen LogP contribution is 2.22. The van der Waals surface area contributed by atoms with E-state index in [0.29, 0.717) is 24.1 Å². The fourth-order valence-corrected chi connectivity index (χ4v) is 2.30. The van der Waals surface area contributed by atoms with Gasteiger partial charge >= 0.3 is 6.03 Å². The Labute approximate surface area is 131 Å². The fourth-order valence-electron chi connectivity index (χ4n) is 2.30. The van der Waals surface area contributed by atoms with E-state index in [1.165, 1.54) is 11.2 Å². The van der Waals surface area contributed by atoms with Crippen molar-refractivity contribution in [1.29, 1.82) is 0 Å². The Morgan fingerprint density at radius 3 is 2.48 bits per heavy atom. The molecule has 0 atom stereocenters. The molecule has 2 heterocycles. The van der Waals surface area contributed by atoms with E-state index in [1.54, 1.807) is 24.3 Å². The van der Waals surface area contributed by atoms with Crippen LogP contribution in [0.1, 0.15) is 27.1 Å². The smallest absolute Gasteiger partial charge is 0.321 e. The van der Waals surface area contributed by atoms with Gasteiger partial charge in [-0.3, -0.25) is 19.8 Å². The minimum Gasteiger partial charge on any atom is -0.338 e. The zero-order chi connectivity index (χ0) is 16.2. The van der Waals surface area contributed by atoms with Gasteiger partial charge in [-0.2, -0.15) is 10.1 Å². The molecule has 4 amide bonds. The number of amides is 4. The van der Waals surface area contributed by atoms with E-state index in [2.05, 4.69) is 25.8 Å². The van der Waals surface area contributed by atoms with Gasteiger partial charge < -0.3 is 5.32 Å². The molecule has 3 rings (SSSR count). The van der Waals surface area contributed by atoms with Gasteiger partial charge in [0, 0.05) is 13.1 Å². The third-order valence-corrected chi connectivity index (χ3v) is 3.37. The van der Waals surface area contributed by atoms with Gasteiger partial charge in [-0.15, -0.1) is 0 Å². The zero-order valence-electron chi connectivity index (χ0n) is 12.1. The van der Waals surface area contributed by atoms with Gasteiger partial charge in [-0.25, -0.2) is 9.89 Å². The maximum Gasteiger partial charge on any atom is 0.321 e. The molecule has 9 heteroatoms. The average molecular weight is 314 g/mol. The summed E-state index contributed by atoms with van der Waals surface area (Å²) in [6, 6.07) is 6.28. The summed E-state index contributed by atoms with van der Waals surface area (Å²) in [5.74, 6) is -0.351. The molecule has 1 aliphatic rings. The number of hydrogen-bond acceptors (Lipinski definition) is 5. The van der Waals surface area contributed by atoms with Gasteiger partial charge in [0.15, 0.2) is 0 Å². The number of fused-ring (bicyclic) bond motifs is 1. The van der Waals surface area contributed by atoms with Gasteiger partial charge in [0.2, 0.25) is 5.95 Å². The molecule has 0 spiro atoms. The van der Waals surface area contributed by atoms with E-state index in [9.17, 15) is 14.4 Å². The summed E-state index contributed by atoms with van der Waals surface area (Å²) in [5.41, 5.74) is 0.849. The van der Waals surface area contributed by atoms with Crippen LogP contribution in [0.3, 0.4) is 0 Å². The lowest BCUT2D eigenvalue weighted by atomic mass is 10.1. The van der Waals surface area contributed by atoms with E-state index < -0.39 is 6.03 Å². The Morgan fingerprint density at radius 2 is 1.87 bits per heavy atom. The fraction of sp³-hybridized carbons (Fsp3) is 0.214. The van der Waals surface area contributed by atoms with Crippen molar-refractivity contribution in [3.8, 4) is 0 Å². The lowest BCUT2D eigenvalue weighted by Crippen LogP contribution is -2.35. The van der Waals surface area contributed by atoms with Crippen LogP contribution in [-0.4, -0.2) is 51.0 Å². The summed E-state index contributed by atoms with van der Waals surface area (Å²) in [5, 5.41) is 11.2. The predicted molar refractivity (Wildman–Crippen MR) is 79.8 cm³/mol. The van der Waals surface area contributed by atoms with Gasteiger partial charge in [0.25, 0.3) is 11.8 Å². The summed E-state index contributed by atoms with van der Waals surface area (Å²) in [7, 11) is 0. The first-order chi connectivity index (χ1) is 11.2. The normalized spacial score (nSPS) is 13.1. The van der Waals surface area contributed by atoms with Crippen molar-refractivity contribution < 1.29 is 14.4 Å². The third kappa shape index (κ3) is 3.03. The van der Waals surface area contributed by atoms with Crippen molar-refractivity contribution in [2.24, 2.45) is 0 Å².